The number of anilines is 1. The van der Waals surface area contributed by atoms with Crippen LogP contribution in [0.4, 0.5) is 14.6 Å². The topological polar surface area (TPSA) is 63.6 Å². The lowest BCUT2D eigenvalue weighted by Gasteiger charge is -2.44. The fourth-order valence-electron chi connectivity index (χ4n) is 8.30. The van der Waals surface area contributed by atoms with E-state index in [0.717, 1.165) is 32.2 Å². The predicted octanol–water partition coefficient (Wildman–Crippen LogP) is 7.53. The van der Waals surface area contributed by atoms with Crippen molar-refractivity contribution in [3.8, 4) is 6.01 Å². The van der Waals surface area contributed by atoms with Crippen molar-refractivity contribution in [2.75, 3.05) is 37.7 Å². The molecule has 2 aromatic heterocycles. The first-order valence-electron chi connectivity index (χ1n) is 17.4. The molecule has 0 spiro atoms. The molecule has 2 aromatic carbocycles. The van der Waals surface area contributed by atoms with Crippen molar-refractivity contribution >= 4 is 58.6 Å². The maximum absolute atomic E-state index is 15.8. The predicted molar refractivity (Wildman–Crippen MR) is 199 cm³/mol. The molecule has 0 saturated carbocycles. The molecule has 0 N–H and O–H groups in total. The zero-order valence-electron chi connectivity index (χ0n) is 28.7. The van der Waals surface area contributed by atoms with Gasteiger partial charge in [-0.15, -0.1) is 0 Å². The van der Waals surface area contributed by atoms with Crippen LogP contribution in [0.25, 0.3) is 10.9 Å². The van der Waals surface area contributed by atoms with Crippen LogP contribution in [-0.2, 0) is 4.43 Å². The van der Waals surface area contributed by atoms with Crippen LogP contribution in [0, 0.1) is 5.82 Å². The number of pyridine rings is 1. The zero-order chi connectivity index (χ0) is 35.1. The van der Waals surface area contributed by atoms with E-state index in [-0.39, 0.29) is 44.9 Å². The van der Waals surface area contributed by atoms with Crippen LogP contribution in [0.5, 0.6) is 6.01 Å². The molecule has 50 heavy (non-hydrogen) atoms. The lowest BCUT2D eigenvalue weighted by molar-refractivity contribution is 0.107. The molecule has 0 aliphatic carbocycles. The molecule has 264 valence electrons. The molecule has 0 bridgehead atoms. The van der Waals surface area contributed by atoms with Gasteiger partial charge in [0.15, 0.2) is 11.0 Å². The summed E-state index contributed by atoms with van der Waals surface area (Å²) in [4.78, 5) is 17.8. The monoisotopic (exact) mass is 737 g/mol. The van der Waals surface area contributed by atoms with E-state index in [1.807, 2.05) is 12.1 Å². The summed E-state index contributed by atoms with van der Waals surface area (Å²) >= 11 is 12.9. The largest absolute Gasteiger partial charge is 0.461 e. The van der Waals surface area contributed by atoms with E-state index in [1.165, 1.54) is 10.4 Å². The van der Waals surface area contributed by atoms with Gasteiger partial charge in [0, 0.05) is 19.5 Å². The number of alkyl halides is 1. The van der Waals surface area contributed by atoms with Gasteiger partial charge in [-0.25, -0.2) is 13.8 Å². The molecule has 3 aliphatic rings. The van der Waals surface area contributed by atoms with Gasteiger partial charge in [-0.1, -0.05) is 117 Å². The number of ether oxygens (including phenoxy) is 1. The Morgan fingerprint density at radius 3 is 2.34 bits per heavy atom. The molecule has 0 radical (unpaired) electrons. The zero-order valence-corrected chi connectivity index (χ0v) is 31.2. The number of rotatable bonds is 9. The van der Waals surface area contributed by atoms with Crippen LogP contribution >= 0.6 is 23.2 Å². The molecule has 3 atom stereocenters. The Kier molecular flexibility index (Phi) is 9.95. The molecule has 7 nitrogen and oxygen atoms in total. The molecular weight excluding hydrogens is 695 g/mol. The number of fused-ring (bicyclic) bond motifs is 2. The number of halogens is 4. The average Bonchev–Trinajstić information content (AvgIpc) is 3.52. The highest BCUT2D eigenvalue weighted by Gasteiger charge is 2.51. The van der Waals surface area contributed by atoms with Crippen LogP contribution < -0.4 is 20.0 Å². The van der Waals surface area contributed by atoms with Crippen LogP contribution in [0.15, 0.2) is 72.8 Å². The number of nitrogens with zero attached hydrogens (tertiary/aromatic N) is 5. The average molecular weight is 739 g/mol. The third-order valence-corrected chi connectivity index (χ3v) is 16.2. The van der Waals surface area contributed by atoms with Crippen molar-refractivity contribution in [2.45, 2.75) is 75.7 Å². The van der Waals surface area contributed by atoms with Gasteiger partial charge >= 0.3 is 6.01 Å². The Hall–Kier alpha value is -3.15. The van der Waals surface area contributed by atoms with Gasteiger partial charge in [0.1, 0.15) is 29.3 Å². The van der Waals surface area contributed by atoms with Gasteiger partial charge in [-0.05, 0) is 47.6 Å². The highest BCUT2D eigenvalue weighted by atomic mass is 35.5. The lowest BCUT2D eigenvalue weighted by atomic mass is 9.95. The molecule has 5 heterocycles. The van der Waals surface area contributed by atoms with Crippen molar-refractivity contribution in [3.63, 3.8) is 0 Å². The molecule has 3 aliphatic heterocycles. The van der Waals surface area contributed by atoms with Crippen LogP contribution in [0.1, 0.15) is 52.9 Å². The summed E-state index contributed by atoms with van der Waals surface area (Å²) in [5.41, 5.74) is -0.493. The first kappa shape index (κ1) is 35.3. The maximum Gasteiger partial charge on any atom is 0.319 e. The molecule has 4 aromatic rings. The molecule has 0 amide bonds. The van der Waals surface area contributed by atoms with Gasteiger partial charge < -0.3 is 14.1 Å². The Morgan fingerprint density at radius 1 is 0.960 bits per heavy atom. The number of allylic oxidation sites excluding steroid dienone is 1. The van der Waals surface area contributed by atoms with Crippen molar-refractivity contribution in [2.24, 2.45) is 0 Å². The van der Waals surface area contributed by atoms with Crippen molar-refractivity contribution in [1.29, 1.82) is 0 Å². The summed E-state index contributed by atoms with van der Waals surface area (Å²) in [6, 6.07) is 20.9. The summed E-state index contributed by atoms with van der Waals surface area (Å²) in [5.74, 6) is -0.397. The maximum atomic E-state index is 15.8. The Labute approximate surface area is 303 Å². The SMILES string of the molecule is CC(C)(C)[Si](OC[C@@H]1CCC=CCN1c1nc(OC[C@@]23CCCN2C[C@H](F)C3)nc2c(F)c(Cl)nc(Cl)c12)(c1ccccc1)c1ccccc1. The van der Waals surface area contributed by atoms with Crippen molar-refractivity contribution in [1.82, 2.24) is 19.9 Å². The highest BCUT2D eigenvalue weighted by molar-refractivity contribution is 6.99. The summed E-state index contributed by atoms with van der Waals surface area (Å²) in [5, 5.41) is 2.04. The fourth-order valence-corrected chi connectivity index (χ4v) is 13.4. The Balaban J connectivity index is 1.29. The molecule has 2 saturated heterocycles. The van der Waals surface area contributed by atoms with Gasteiger partial charge in [0.05, 0.1) is 23.6 Å². The van der Waals surface area contributed by atoms with Crippen molar-refractivity contribution < 1.29 is 17.9 Å². The normalized spacial score (nSPS) is 23.0. The summed E-state index contributed by atoms with van der Waals surface area (Å²) in [7, 11) is -2.87. The second-order valence-electron chi connectivity index (χ2n) is 14.8. The van der Waals surface area contributed by atoms with Crippen LogP contribution in [-0.4, -0.2) is 78.8 Å². The minimum absolute atomic E-state index is 0.00413. The standard InChI is InChI=1S/C38H43Cl2F2N5O2Si/c1-37(2,3)50(28-15-8-4-9-16-28,29-17-10-5-11-18-29)49-24-27-14-7-6-12-21-47(27)35-30-32(31(42)34(40)44-33(30)39)43-36(45-35)48-25-38-19-13-20-46(38)23-26(41)22-38/h4-6,8-12,15-18,26-27H,7,13-14,19-25H2,1-3H3/t26-,27+,38+/m1/s1. The third-order valence-electron chi connectivity index (χ3n) is 10.6. The van der Waals surface area contributed by atoms with E-state index in [2.05, 4.69) is 101 Å². The van der Waals surface area contributed by atoms with E-state index in [1.54, 1.807) is 0 Å². The quantitative estimate of drug-likeness (QED) is 0.100. The first-order valence-corrected chi connectivity index (χ1v) is 20.1. The Bertz CT molecular complexity index is 1830. The van der Waals surface area contributed by atoms with Crippen LogP contribution in [0.2, 0.25) is 15.3 Å². The Morgan fingerprint density at radius 2 is 1.66 bits per heavy atom. The van der Waals surface area contributed by atoms with Crippen LogP contribution in [0.3, 0.4) is 0 Å². The van der Waals surface area contributed by atoms with Gasteiger partial charge in [-0.2, -0.15) is 9.97 Å². The molecule has 12 heteroatoms. The minimum Gasteiger partial charge on any atom is -0.461 e. The van der Waals surface area contributed by atoms with Gasteiger partial charge in [-0.3, -0.25) is 4.90 Å². The van der Waals surface area contributed by atoms with Gasteiger partial charge in [0.25, 0.3) is 8.32 Å². The molecular formula is C38H43Cl2F2N5O2Si. The summed E-state index contributed by atoms with van der Waals surface area (Å²) in [6.07, 6.45) is 7.09. The van der Waals surface area contributed by atoms with E-state index in [0.29, 0.717) is 31.9 Å². The number of hydrogen-bond acceptors (Lipinski definition) is 7. The van der Waals surface area contributed by atoms with E-state index >= 15 is 4.39 Å². The van der Waals surface area contributed by atoms with Gasteiger partial charge in [0.2, 0.25) is 0 Å². The minimum atomic E-state index is -2.87. The highest BCUT2D eigenvalue weighted by Crippen LogP contribution is 2.42. The van der Waals surface area contributed by atoms with Crippen molar-refractivity contribution in [3.05, 3.63) is 88.9 Å². The lowest BCUT2D eigenvalue weighted by Crippen LogP contribution is -2.67. The molecule has 0 unspecified atom stereocenters. The smallest absolute Gasteiger partial charge is 0.319 e. The number of benzene rings is 2. The van der Waals surface area contributed by atoms with E-state index < -0.39 is 25.8 Å². The number of hydrogen-bond donors (Lipinski definition) is 0. The van der Waals surface area contributed by atoms with E-state index in [4.69, 9.17) is 37.3 Å². The first-order chi connectivity index (χ1) is 24.0. The summed E-state index contributed by atoms with van der Waals surface area (Å²) in [6.45, 7) is 9.05. The number of aromatic nitrogens is 3. The third kappa shape index (κ3) is 6.42. The summed E-state index contributed by atoms with van der Waals surface area (Å²) < 4.78 is 44.1. The molecule has 2 fully saturated rings. The molecule has 7 rings (SSSR count). The van der Waals surface area contributed by atoms with E-state index in [9.17, 15) is 4.39 Å². The second kappa shape index (κ2) is 14.1. The fraction of sp³-hybridized carbons (Fsp3) is 0.447. The second-order valence-corrected chi connectivity index (χ2v) is 19.8.